The summed E-state index contributed by atoms with van der Waals surface area (Å²) in [7, 11) is 3.59. The highest BCUT2D eigenvalue weighted by atomic mass is 16.5. The zero-order valence-corrected chi connectivity index (χ0v) is 16.4. The Morgan fingerprint density at radius 1 is 1.22 bits per heavy atom. The second kappa shape index (κ2) is 9.44. The highest BCUT2D eigenvalue weighted by Crippen LogP contribution is 2.44. The quantitative estimate of drug-likeness (QED) is 0.427. The zero-order valence-electron chi connectivity index (χ0n) is 16.4. The van der Waals surface area contributed by atoms with Gasteiger partial charge in [0.1, 0.15) is 5.75 Å². The van der Waals surface area contributed by atoms with E-state index in [1.807, 2.05) is 36.3 Å². The summed E-state index contributed by atoms with van der Waals surface area (Å²) >= 11 is 0. The first-order valence-corrected chi connectivity index (χ1v) is 9.83. The molecule has 1 saturated carbocycles. The van der Waals surface area contributed by atoms with Crippen molar-refractivity contribution in [2.75, 3.05) is 27.2 Å². The van der Waals surface area contributed by atoms with Crippen molar-refractivity contribution in [1.82, 2.24) is 20.4 Å². The Morgan fingerprint density at radius 3 is 2.74 bits per heavy atom. The molecule has 1 heterocycles. The van der Waals surface area contributed by atoms with Crippen molar-refractivity contribution < 1.29 is 4.74 Å². The molecule has 0 unspecified atom stereocenters. The predicted octanol–water partition coefficient (Wildman–Crippen LogP) is 2.96. The fraction of sp³-hybridized carbons (Fsp3) is 0.524. The van der Waals surface area contributed by atoms with Crippen LogP contribution in [0.25, 0.3) is 0 Å². The molecule has 0 radical (unpaired) electrons. The van der Waals surface area contributed by atoms with E-state index in [-0.39, 0.29) is 5.41 Å². The van der Waals surface area contributed by atoms with Crippen molar-refractivity contribution in [3.8, 4) is 5.75 Å². The number of hydrogen-bond acceptors (Lipinski definition) is 3. The van der Waals surface area contributed by atoms with E-state index in [4.69, 9.17) is 4.74 Å². The van der Waals surface area contributed by atoms with Gasteiger partial charge in [0.2, 0.25) is 0 Å². The van der Waals surface area contributed by atoms with Crippen LogP contribution >= 0.6 is 0 Å². The number of aromatic nitrogens is 2. The van der Waals surface area contributed by atoms with E-state index < -0.39 is 0 Å². The molecule has 1 aromatic carbocycles. The van der Waals surface area contributed by atoms with Crippen LogP contribution in [-0.4, -0.2) is 43.0 Å². The Balaban J connectivity index is 1.56. The molecule has 0 atom stereocenters. The summed E-state index contributed by atoms with van der Waals surface area (Å²) in [4.78, 5) is 4.39. The SMILES string of the molecule is CN=C(NCCCn1cccn1)NCC1(c2ccccc2OC)CCCC1. The topological polar surface area (TPSA) is 63.5 Å². The Hall–Kier alpha value is -2.50. The Morgan fingerprint density at radius 2 is 2.04 bits per heavy atom. The predicted molar refractivity (Wildman–Crippen MR) is 109 cm³/mol. The van der Waals surface area contributed by atoms with Gasteiger partial charge < -0.3 is 15.4 Å². The van der Waals surface area contributed by atoms with Gasteiger partial charge in [0, 0.05) is 50.1 Å². The fourth-order valence-corrected chi connectivity index (χ4v) is 4.03. The highest BCUT2D eigenvalue weighted by Gasteiger charge is 2.37. The third-order valence-corrected chi connectivity index (χ3v) is 5.47. The number of aryl methyl sites for hydroxylation is 1. The van der Waals surface area contributed by atoms with Crippen LogP contribution < -0.4 is 15.4 Å². The van der Waals surface area contributed by atoms with Gasteiger partial charge in [-0.15, -0.1) is 0 Å². The molecule has 146 valence electrons. The summed E-state index contributed by atoms with van der Waals surface area (Å²) < 4.78 is 7.60. The first-order valence-electron chi connectivity index (χ1n) is 9.83. The maximum atomic E-state index is 5.65. The van der Waals surface area contributed by atoms with Crippen LogP contribution in [-0.2, 0) is 12.0 Å². The maximum absolute atomic E-state index is 5.65. The molecule has 2 N–H and O–H groups in total. The minimum absolute atomic E-state index is 0.110. The maximum Gasteiger partial charge on any atom is 0.191 e. The van der Waals surface area contributed by atoms with E-state index in [9.17, 15) is 0 Å². The Labute approximate surface area is 162 Å². The number of nitrogens with one attached hydrogen (secondary N) is 2. The lowest BCUT2D eigenvalue weighted by molar-refractivity contribution is 0.371. The van der Waals surface area contributed by atoms with Gasteiger partial charge in [-0.3, -0.25) is 9.67 Å². The van der Waals surface area contributed by atoms with Crippen LogP contribution in [0.4, 0.5) is 0 Å². The van der Waals surface area contributed by atoms with Crippen LogP contribution in [0.2, 0.25) is 0 Å². The van der Waals surface area contributed by atoms with E-state index in [1.54, 1.807) is 7.11 Å². The number of aliphatic imine (C=N–C) groups is 1. The third-order valence-electron chi connectivity index (χ3n) is 5.47. The Bertz CT molecular complexity index is 720. The lowest BCUT2D eigenvalue weighted by Gasteiger charge is -2.32. The van der Waals surface area contributed by atoms with Gasteiger partial charge in [-0.2, -0.15) is 5.10 Å². The number of guanidine groups is 1. The van der Waals surface area contributed by atoms with E-state index in [2.05, 4.69) is 38.9 Å². The lowest BCUT2D eigenvalue weighted by atomic mass is 9.78. The fourth-order valence-electron chi connectivity index (χ4n) is 4.03. The molecule has 0 saturated heterocycles. The summed E-state index contributed by atoms with van der Waals surface area (Å²) in [6, 6.07) is 10.4. The van der Waals surface area contributed by atoms with Gasteiger partial charge in [-0.05, 0) is 31.4 Å². The van der Waals surface area contributed by atoms with Crippen LogP contribution in [0, 0.1) is 0 Å². The van der Waals surface area contributed by atoms with Crippen LogP contribution in [0.15, 0.2) is 47.7 Å². The molecule has 2 aromatic rings. The van der Waals surface area contributed by atoms with Gasteiger partial charge in [0.15, 0.2) is 5.96 Å². The first kappa shape index (κ1) is 19.3. The minimum atomic E-state index is 0.110. The van der Waals surface area contributed by atoms with Crippen molar-refractivity contribution in [3.05, 3.63) is 48.3 Å². The first-order chi connectivity index (χ1) is 13.3. The molecule has 1 aliphatic rings. The number of hydrogen-bond donors (Lipinski definition) is 2. The van der Waals surface area contributed by atoms with Crippen LogP contribution in [0.5, 0.6) is 5.75 Å². The van der Waals surface area contributed by atoms with Crippen LogP contribution in [0.3, 0.4) is 0 Å². The molecule has 0 amide bonds. The summed E-state index contributed by atoms with van der Waals surface area (Å²) in [5.41, 5.74) is 1.42. The summed E-state index contributed by atoms with van der Waals surface area (Å²) in [6.07, 6.45) is 9.68. The summed E-state index contributed by atoms with van der Waals surface area (Å²) in [5, 5.41) is 11.2. The standard InChI is InChI=1S/C21H31N5O/c1-22-20(23-13-7-15-26-16-8-14-25-26)24-17-21(11-5-6-12-21)18-9-3-4-10-19(18)27-2/h3-4,8-10,14,16H,5-7,11-13,15,17H2,1-2H3,(H2,22,23,24). The largest absolute Gasteiger partial charge is 0.496 e. The number of methoxy groups -OCH3 is 1. The molecule has 3 rings (SSSR count). The molecule has 1 fully saturated rings. The zero-order chi connectivity index (χ0) is 19.0. The average Bonchev–Trinajstić information content (AvgIpc) is 3.40. The van der Waals surface area contributed by atoms with Crippen molar-refractivity contribution in [1.29, 1.82) is 0 Å². The molecule has 1 aromatic heterocycles. The van der Waals surface area contributed by atoms with Gasteiger partial charge >= 0.3 is 0 Å². The number of rotatable bonds is 8. The Kier molecular flexibility index (Phi) is 6.74. The van der Waals surface area contributed by atoms with Crippen molar-refractivity contribution in [3.63, 3.8) is 0 Å². The molecule has 6 heteroatoms. The molecule has 0 bridgehead atoms. The molecule has 1 aliphatic carbocycles. The summed E-state index contributed by atoms with van der Waals surface area (Å²) in [5.74, 6) is 1.85. The number of nitrogens with zero attached hydrogens (tertiary/aromatic N) is 3. The van der Waals surface area contributed by atoms with Crippen LogP contribution in [0.1, 0.15) is 37.7 Å². The average molecular weight is 370 g/mol. The van der Waals surface area contributed by atoms with Crippen molar-refractivity contribution >= 4 is 5.96 Å². The monoisotopic (exact) mass is 369 g/mol. The minimum Gasteiger partial charge on any atom is -0.496 e. The second-order valence-corrected chi connectivity index (χ2v) is 7.16. The number of para-hydroxylation sites is 1. The van der Waals surface area contributed by atoms with Crippen molar-refractivity contribution in [2.45, 2.75) is 44.1 Å². The lowest BCUT2D eigenvalue weighted by Crippen LogP contribution is -2.45. The number of ether oxygens (including phenoxy) is 1. The smallest absolute Gasteiger partial charge is 0.191 e. The van der Waals surface area contributed by atoms with Gasteiger partial charge in [0.25, 0.3) is 0 Å². The van der Waals surface area contributed by atoms with E-state index in [1.165, 1.54) is 31.2 Å². The molecule has 0 spiro atoms. The summed E-state index contributed by atoms with van der Waals surface area (Å²) in [6.45, 7) is 2.63. The van der Waals surface area contributed by atoms with E-state index in [0.29, 0.717) is 0 Å². The normalized spacial score (nSPS) is 16.3. The third kappa shape index (κ3) is 4.81. The molecular formula is C21H31N5O. The van der Waals surface area contributed by atoms with Gasteiger partial charge in [0.05, 0.1) is 7.11 Å². The number of benzene rings is 1. The van der Waals surface area contributed by atoms with Crippen molar-refractivity contribution in [2.24, 2.45) is 4.99 Å². The van der Waals surface area contributed by atoms with E-state index in [0.717, 1.165) is 37.8 Å². The molecular weight excluding hydrogens is 338 g/mol. The molecule has 27 heavy (non-hydrogen) atoms. The highest BCUT2D eigenvalue weighted by molar-refractivity contribution is 5.79. The molecule has 0 aliphatic heterocycles. The van der Waals surface area contributed by atoms with Gasteiger partial charge in [-0.1, -0.05) is 31.0 Å². The van der Waals surface area contributed by atoms with E-state index >= 15 is 0 Å². The molecule has 6 nitrogen and oxygen atoms in total. The second-order valence-electron chi connectivity index (χ2n) is 7.16. The van der Waals surface area contributed by atoms with Gasteiger partial charge in [-0.25, -0.2) is 0 Å².